The second kappa shape index (κ2) is 6.12. The Kier molecular flexibility index (Phi) is 4.50. The summed E-state index contributed by atoms with van der Waals surface area (Å²) in [7, 11) is 0. The fourth-order valence-electron chi connectivity index (χ4n) is 1.68. The van der Waals surface area contributed by atoms with Crippen LogP contribution < -0.4 is 10.1 Å². The van der Waals surface area contributed by atoms with Crippen molar-refractivity contribution in [3.8, 4) is 5.75 Å². The molecule has 0 fully saturated rings. The predicted molar refractivity (Wildman–Crippen MR) is 79.0 cm³/mol. The molecule has 0 atom stereocenters. The first-order chi connectivity index (χ1) is 8.70. The molecule has 18 heavy (non-hydrogen) atoms. The molecule has 0 unspecified atom stereocenters. The molecule has 1 aromatic heterocycles. The molecular formula is C14H16ClNOS. The molecule has 0 saturated heterocycles. The number of nitrogens with one attached hydrogen (secondary N) is 1. The zero-order valence-corrected chi connectivity index (χ0v) is 12.1. The summed E-state index contributed by atoms with van der Waals surface area (Å²) in [5.41, 5.74) is 2.25. The molecule has 0 amide bonds. The van der Waals surface area contributed by atoms with Gasteiger partial charge in [0.25, 0.3) is 0 Å². The van der Waals surface area contributed by atoms with Gasteiger partial charge in [0, 0.05) is 16.4 Å². The Balaban J connectivity index is 2.12. The van der Waals surface area contributed by atoms with Crippen molar-refractivity contribution in [2.45, 2.75) is 20.4 Å². The quantitative estimate of drug-likeness (QED) is 0.856. The topological polar surface area (TPSA) is 21.3 Å². The summed E-state index contributed by atoms with van der Waals surface area (Å²) < 4.78 is 5.57. The molecule has 4 heteroatoms. The minimum Gasteiger partial charge on any atom is -0.492 e. The Morgan fingerprint density at radius 2 is 2.17 bits per heavy atom. The summed E-state index contributed by atoms with van der Waals surface area (Å²) in [6.07, 6.45) is 0. The largest absolute Gasteiger partial charge is 0.492 e. The molecule has 2 aromatic rings. The standard InChI is InChI=1S/C14H16ClNOS/c1-3-17-13-5-4-11(15)8-12(13)16-9-14-10(2)6-7-18-14/h4-8,16H,3,9H2,1-2H3. The molecule has 2 nitrogen and oxygen atoms in total. The Bertz CT molecular complexity index is 524. The Morgan fingerprint density at radius 3 is 2.83 bits per heavy atom. The van der Waals surface area contributed by atoms with E-state index in [2.05, 4.69) is 23.7 Å². The number of benzene rings is 1. The van der Waals surface area contributed by atoms with E-state index in [1.807, 2.05) is 25.1 Å². The Labute approximate surface area is 117 Å². The van der Waals surface area contributed by atoms with Crippen LogP contribution in [-0.2, 0) is 6.54 Å². The van der Waals surface area contributed by atoms with Gasteiger partial charge in [-0.25, -0.2) is 0 Å². The fraction of sp³-hybridized carbons (Fsp3) is 0.286. The first-order valence-electron chi connectivity index (χ1n) is 5.90. The molecule has 0 bridgehead atoms. The smallest absolute Gasteiger partial charge is 0.142 e. The van der Waals surface area contributed by atoms with Crippen LogP contribution in [0.4, 0.5) is 5.69 Å². The minimum absolute atomic E-state index is 0.647. The van der Waals surface area contributed by atoms with Gasteiger partial charge in [0.1, 0.15) is 5.75 Å². The van der Waals surface area contributed by atoms with Crippen molar-refractivity contribution in [1.29, 1.82) is 0 Å². The number of hydrogen-bond donors (Lipinski definition) is 1. The lowest BCUT2D eigenvalue weighted by molar-refractivity contribution is 0.341. The van der Waals surface area contributed by atoms with Crippen molar-refractivity contribution >= 4 is 28.6 Å². The van der Waals surface area contributed by atoms with Crippen LogP contribution >= 0.6 is 22.9 Å². The van der Waals surface area contributed by atoms with Gasteiger partial charge in [-0.15, -0.1) is 11.3 Å². The Hall–Kier alpha value is -1.19. The third-order valence-corrected chi connectivity index (χ3v) is 3.91. The van der Waals surface area contributed by atoms with Crippen molar-refractivity contribution in [3.05, 3.63) is 45.1 Å². The maximum atomic E-state index is 6.02. The number of halogens is 1. The number of ether oxygens (including phenoxy) is 1. The van der Waals surface area contributed by atoms with E-state index in [1.54, 1.807) is 11.3 Å². The van der Waals surface area contributed by atoms with E-state index in [0.29, 0.717) is 11.6 Å². The average Bonchev–Trinajstić information content (AvgIpc) is 2.75. The van der Waals surface area contributed by atoms with Crippen LogP contribution in [-0.4, -0.2) is 6.61 Å². The van der Waals surface area contributed by atoms with Gasteiger partial charge in [-0.2, -0.15) is 0 Å². The summed E-state index contributed by atoms with van der Waals surface area (Å²) in [5, 5.41) is 6.20. The molecule has 0 spiro atoms. The zero-order chi connectivity index (χ0) is 13.0. The number of aryl methyl sites for hydroxylation is 1. The average molecular weight is 282 g/mol. The molecule has 0 saturated carbocycles. The third kappa shape index (κ3) is 3.18. The first kappa shape index (κ1) is 13.2. The summed E-state index contributed by atoms with van der Waals surface area (Å²) in [6.45, 7) is 5.54. The highest BCUT2D eigenvalue weighted by Gasteiger charge is 2.05. The van der Waals surface area contributed by atoms with Crippen molar-refractivity contribution in [3.63, 3.8) is 0 Å². The molecule has 1 N–H and O–H groups in total. The van der Waals surface area contributed by atoms with Crippen LogP contribution in [0.5, 0.6) is 5.75 Å². The van der Waals surface area contributed by atoms with Gasteiger partial charge in [-0.1, -0.05) is 11.6 Å². The van der Waals surface area contributed by atoms with Gasteiger partial charge in [0.15, 0.2) is 0 Å². The summed E-state index contributed by atoms with van der Waals surface area (Å²) >= 11 is 7.77. The van der Waals surface area contributed by atoms with E-state index in [-0.39, 0.29) is 0 Å². The summed E-state index contributed by atoms with van der Waals surface area (Å²) in [4.78, 5) is 1.33. The van der Waals surface area contributed by atoms with E-state index in [0.717, 1.165) is 18.0 Å². The molecule has 1 heterocycles. The highest BCUT2D eigenvalue weighted by molar-refractivity contribution is 7.10. The molecule has 0 aliphatic carbocycles. The van der Waals surface area contributed by atoms with E-state index >= 15 is 0 Å². The summed E-state index contributed by atoms with van der Waals surface area (Å²) in [6, 6.07) is 7.77. The lowest BCUT2D eigenvalue weighted by atomic mass is 10.2. The van der Waals surface area contributed by atoms with Gasteiger partial charge in [-0.05, 0) is 49.1 Å². The molecular weight excluding hydrogens is 266 g/mol. The maximum absolute atomic E-state index is 6.02. The van der Waals surface area contributed by atoms with E-state index in [9.17, 15) is 0 Å². The summed E-state index contributed by atoms with van der Waals surface area (Å²) in [5.74, 6) is 0.844. The maximum Gasteiger partial charge on any atom is 0.142 e. The van der Waals surface area contributed by atoms with Gasteiger partial charge in [-0.3, -0.25) is 0 Å². The lowest BCUT2D eigenvalue weighted by Gasteiger charge is -2.12. The molecule has 0 radical (unpaired) electrons. The second-order valence-electron chi connectivity index (χ2n) is 3.95. The van der Waals surface area contributed by atoms with Crippen molar-refractivity contribution in [1.82, 2.24) is 0 Å². The third-order valence-electron chi connectivity index (χ3n) is 2.65. The molecule has 96 valence electrons. The number of rotatable bonds is 5. The van der Waals surface area contributed by atoms with Crippen LogP contribution in [0.25, 0.3) is 0 Å². The van der Waals surface area contributed by atoms with Gasteiger partial charge < -0.3 is 10.1 Å². The predicted octanol–water partition coefficient (Wildman–Crippen LogP) is 4.72. The highest BCUT2D eigenvalue weighted by atomic mass is 35.5. The van der Waals surface area contributed by atoms with Crippen LogP contribution in [0.15, 0.2) is 29.6 Å². The van der Waals surface area contributed by atoms with Crippen LogP contribution in [0.2, 0.25) is 5.02 Å². The number of thiophene rings is 1. The molecule has 0 aliphatic rings. The van der Waals surface area contributed by atoms with Crippen molar-refractivity contribution in [2.24, 2.45) is 0 Å². The highest BCUT2D eigenvalue weighted by Crippen LogP contribution is 2.29. The molecule has 0 aliphatic heterocycles. The van der Waals surface area contributed by atoms with Crippen molar-refractivity contribution in [2.75, 3.05) is 11.9 Å². The number of anilines is 1. The van der Waals surface area contributed by atoms with E-state index < -0.39 is 0 Å². The molecule has 1 aromatic carbocycles. The Morgan fingerprint density at radius 1 is 1.33 bits per heavy atom. The second-order valence-corrected chi connectivity index (χ2v) is 5.39. The SMILES string of the molecule is CCOc1ccc(Cl)cc1NCc1sccc1C. The van der Waals surface area contributed by atoms with E-state index in [1.165, 1.54) is 10.4 Å². The zero-order valence-electron chi connectivity index (χ0n) is 10.5. The van der Waals surface area contributed by atoms with Crippen LogP contribution in [0.3, 0.4) is 0 Å². The normalized spacial score (nSPS) is 10.4. The monoisotopic (exact) mass is 281 g/mol. The van der Waals surface area contributed by atoms with E-state index in [4.69, 9.17) is 16.3 Å². The van der Waals surface area contributed by atoms with Crippen LogP contribution in [0.1, 0.15) is 17.4 Å². The minimum atomic E-state index is 0.647. The van der Waals surface area contributed by atoms with Crippen molar-refractivity contribution < 1.29 is 4.74 Å². The number of hydrogen-bond acceptors (Lipinski definition) is 3. The van der Waals surface area contributed by atoms with Gasteiger partial charge in [0.05, 0.1) is 12.3 Å². The lowest BCUT2D eigenvalue weighted by Crippen LogP contribution is -2.02. The van der Waals surface area contributed by atoms with Crippen LogP contribution in [0, 0.1) is 6.92 Å². The van der Waals surface area contributed by atoms with Gasteiger partial charge in [0.2, 0.25) is 0 Å². The fourth-order valence-corrected chi connectivity index (χ4v) is 2.70. The first-order valence-corrected chi connectivity index (χ1v) is 7.15. The van der Waals surface area contributed by atoms with Gasteiger partial charge >= 0.3 is 0 Å². The molecule has 2 rings (SSSR count).